The highest BCUT2D eigenvalue weighted by atomic mass is 19.4. The van der Waals surface area contributed by atoms with Gasteiger partial charge in [-0.15, -0.1) is 10.2 Å². The third-order valence-corrected chi connectivity index (χ3v) is 4.45. The molecule has 5 nitrogen and oxygen atoms in total. The maximum atomic E-state index is 12.8. The molecule has 2 heterocycles. The summed E-state index contributed by atoms with van der Waals surface area (Å²) in [5, 5.41) is 8.45. The molecule has 140 valence electrons. The summed E-state index contributed by atoms with van der Waals surface area (Å²) in [5.41, 5.74) is 0.0910. The van der Waals surface area contributed by atoms with Crippen LogP contribution in [0.5, 0.6) is 0 Å². The second kappa shape index (κ2) is 7.49. The van der Waals surface area contributed by atoms with Gasteiger partial charge in [-0.2, -0.15) is 13.2 Å². The highest BCUT2D eigenvalue weighted by molar-refractivity contribution is 5.44. The summed E-state index contributed by atoms with van der Waals surface area (Å²) in [6.07, 6.45) is -4.30. The first-order valence-electron chi connectivity index (χ1n) is 8.47. The Balaban J connectivity index is 1.57. The Kier molecular flexibility index (Phi) is 5.31. The number of hydrogen-bond donors (Lipinski definition) is 0. The van der Waals surface area contributed by atoms with Gasteiger partial charge in [0.25, 0.3) is 0 Å². The van der Waals surface area contributed by atoms with Crippen molar-refractivity contribution in [2.24, 2.45) is 0 Å². The average molecular weight is 365 g/mol. The van der Waals surface area contributed by atoms with Gasteiger partial charge >= 0.3 is 6.18 Å². The Morgan fingerprint density at radius 3 is 2.31 bits per heavy atom. The third kappa shape index (κ3) is 4.43. The fourth-order valence-electron chi connectivity index (χ4n) is 2.96. The molecule has 26 heavy (non-hydrogen) atoms. The number of aromatic nitrogens is 2. The summed E-state index contributed by atoms with van der Waals surface area (Å²) in [6, 6.07) is 9.43. The third-order valence-electron chi connectivity index (χ3n) is 4.45. The molecule has 0 atom stereocenters. The smallest absolute Gasteiger partial charge is 0.361 e. The van der Waals surface area contributed by atoms with Gasteiger partial charge in [0.15, 0.2) is 11.6 Å². The predicted molar refractivity (Wildman–Crippen MR) is 95.3 cm³/mol. The lowest BCUT2D eigenvalue weighted by molar-refractivity contribution is -0.137. The molecule has 2 aromatic rings. The predicted octanol–water partition coefficient (Wildman–Crippen LogP) is 2.88. The molecule has 1 aliphatic rings. The number of hydrogen-bond acceptors (Lipinski definition) is 5. The van der Waals surface area contributed by atoms with Gasteiger partial charge in [-0.05, 0) is 23.8 Å². The molecule has 0 spiro atoms. The molecular weight excluding hydrogens is 343 g/mol. The molecule has 1 saturated heterocycles. The minimum Gasteiger partial charge on any atom is -0.361 e. The van der Waals surface area contributed by atoms with Crippen molar-refractivity contribution in [2.45, 2.75) is 12.7 Å². The summed E-state index contributed by atoms with van der Waals surface area (Å²) in [6.45, 7) is 3.60. The zero-order valence-corrected chi connectivity index (χ0v) is 14.9. The van der Waals surface area contributed by atoms with Gasteiger partial charge in [0.2, 0.25) is 0 Å². The first kappa shape index (κ1) is 18.4. The van der Waals surface area contributed by atoms with E-state index in [9.17, 15) is 13.2 Å². The molecule has 3 rings (SSSR count). The van der Waals surface area contributed by atoms with Gasteiger partial charge < -0.3 is 9.80 Å². The summed E-state index contributed by atoms with van der Waals surface area (Å²) in [4.78, 5) is 6.20. The molecule has 0 aliphatic carbocycles. The number of alkyl halides is 3. The maximum Gasteiger partial charge on any atom is 0.416 e. The second-order valence-electron chi connectivity index (χ2n) is 6.61. The number of benzene rings is 1. The maximum absolute atomic E-state index is 12.8. The van der Waals surface area contributed by atoms with Crippen LogP contribution < -0.4 is 9.80 Å². The quantitative estimate of drug-likeness (QED) is 0.833. The van der Waals surface area contributed by atoms with Gasteiger partial charge in [-0.25, -0.2) is 0 Å². The first-order valence-corrected chi connectivity index (χ1v) is 8.47. The average Bonchev–Trinajstić information content (AvgIpc) is 2.62. The second-order valence-corrected chi connectivity index (χ2v) is 6.61. The highest BCUT2D eigenvalue weighted by Crippen LogP contribution is 2.29. The van der Waals surface area contributed by atoms with E-state index in [2.05, 4.69) is 20.0 Å². The summed E-state index contributed by atoms with van der Waals surface area (Å²) in [7, 11) is 3.83. The molecule has 1 fully saturated rings. The molecule has 0 unspecified atom stereocenters. The summed E-state index contributed by atoms with van der Waals surface area (Å²) < 4.78 is 38.5. The van der Waals surface area contributed by atoms with E-state index in [1.165, 1.54) is 12.1 Å². The zero-order valence-electron chi connectivity index (χ0n) is 14.9. The van der Waals surface area contributed by atoms with Crippen LogP contribution in [0.1, 0.15) is 11.1 Å². The van der Waals surface area contributed by atoms with Crippen LogP contribution in [0.2, 0.25) is 0 Å². The Bertz CT molecular complexity index is 722. The van der Waals surface area contributed by atoms with Gasteiger partial charge in [-0.1, -0.05) is 18.2 Å². The van der Waals surface area contributed by atoms with E-state index in [0.29, 0.717) is 12.1 Å². The van der Waals surface area contributed by atoms with Gasteiger partial charge in [0.1, 0.15) is 0 Å². The molecule has 0 N–H and O–H groups in total. The minimum atomic E-state index is -4.30. The molecule has 1 aliphatic heterocycles. The fraction of sp³-hybridized carbons (Fsp3) is 0.444. The number of anilines is 2. The van der Waals surface area contributed by atoms with Crippen molar-refractivity contribution in [1.29, 1.82) is 0 Å². The van der Waals surface area contributed by atoms with Crippen LogP contribution in [0.3, 0.4) is 0 Å². The van der Waals surface area contributed by atoms with Crippen LogP contribution in [0.25, 0.3) is 0 Å². The number of nitrogens with zero attached hydrogens (tertiary/aromatic N) is 5. The van der Waals surface area contributed by atoms with Crippen LogP contribution >= 0.6 is 0 Å². The van der Waals surface area contributed by atoms with Crippen LogP contribution in [-0.4, -0.2) is 55.4 Å². The molecule has 0 radical (unpaired) electrons. The standard InChI is InChI=1S/C18H22F3N5/c1-24(2)16-6-7-17(23-22-16)26-10-8-25(9-11-26)13-14-4-3-5-15(12-14)18(19,20)21/h3-7,12H,8-11,13H2,1-2H3. The van der Waals surface area contributed by atoms with Crippen molar-refractivity contribution in [2.75, 3.05) is 50.1 Å². The number of piperazine rings is 1. The highest BCUT2D eigenvalue weighted by Gasteiger charge is 2.30. The Morgan fingerprint density at radius 2 is 1.73 bits per heavy atom. The van der Waals surface area contributed by atoms with Gasteiger partial charge in [0.05, 0.1) is 5.56 Å². The Labute approximate surface area is 151 Å². The lowest BCUT2D eigenvalue weighted by Crippen LogP contribution is -2.46. The minimum absolute atomic E-state index is 0.517. The van der Waals surface area contributed by atoms with E-state index in [1.807, 2.05) is 31.1 Å². The van der Waals surface area contributed by atoms with Crippen molar-refractivity contribution in [3.63, 3.8) is 0 Å². The Hall–Kier alpha value is -2.35. The number of rotatable bonds is 4. The molecule has 0 amide bonds. The van der Waals surface area contributed by atoms with Crippen LogP contribution in [0.4, 0.5) is 24.8 Å². The molecular formula is C18H22F3N5. The van der Waals surface area contributed by atoms with E-state index in [-0.39, 0.29) is 0 Å². The van der Waals surface area contributed by atoms with Crippen LogP contribution in [0.15, 0.2) is 36.4 Å². The van der Waals surface area contributed by atoms with E-state index in [0.717, 1.165) is 43.9 Å². The fourth-order valence-corrected chi connectivity index (χ4v) is 2.96. The number of halogens is 3. The largest absolute Gasteiger partial charge is 0.416 e. The molecule has 0 bridgehead atoms. The van der Waals surface area contributed by atoms with Crippen molar-refractivity contribution in [1.82, 2.24) is 15.1 Å². The normalized spacial score (nSPS) is 16.0. The zero-order chi connectivity index (χ0) is 18.7. The van der Waals surface area contributed by atoms with Crippen molar-refractivity contribution in [3.8, 4) is 0 Å². The van der Waals surface area contributed by atoms with Crippen LogP contribution in [0, 0.1) is 0 Å². The summed E-state index contributed by atoms with van der Waals surface area (Å²) in [5.74, 6) is 1.63. The van der Waals surface area contributed by atoms with Crippen molar-refractivity contribution >= 4 is 11.6 Å². The molecule has 1 aromatic heterocycles. The SMILES string of the molecule is CN(C)c1ccc(N2CCN(Cc3cccc(C(F)(F)F)c3)CC2)nn1. The van der Waals surface area contributed by atoms with Gasteiger partial charge in [-0.3, -0.25) is 4.90 Å². The van der Waals surface area contributed by atoms with Crippen molar-refractivity contribution < 1.29 is 13.2 Å². The molecule has 8 heteroatoms. The lowest BCUT2D eigenvalue weighted by atomic mass is 10.1. The van der Waals surface area contributed by atoms with E-state index in [4.69, 9.17) is 0 Å². The first-order chi connectivity index (χ1) is 12.3. The van der Waals surface area contributed by atoms with E-state index < -0.39 is 11.7 Å². The van der Waals surface area contributed by atoms with E-state index >= 15 is 0 Å². The topological polar surface area (TPSA) is 35.5 Å². The molecule has 0 saturated carbocycles. The monoisotopic (exact) mass is 365 g/mol. The van der Waals surface area contributed by atoms with Gasteiger partial charge in [0, 0.05) is 46.8 Å². The molecule has 1 aromatic carbocycles. The van der Waals surface area contributed by atoms with Crippen molar-refractivity contribution in [3.05, 3.63) is 47.5 Å². The summed E-state index contributed by atoms with van der Waals surface area (Å²) >= 11 is 0. The lowest BCUT2D eigenvalue weighted by Gasteiger charge is -2.35. The van der Waals surface area contributed by atoms with Crippen LogP contribution in [-0.2, 0) is 12.7 Å². The Morgan fingerprint density at radius 1 is 1.00 bits per heavy atom. The van der Waals surface area contributed by atoms with E-state index in [1.54, 1.807) is 6.07 Å².